The van der Waals surface area contributed by atoms with Crippen molar-refractivity contribution in [1.82, 2.24) is 14.8 Å². The highest BCUT2D eigenvalue weighted by Crippen LogP contribution is 2.25. The summed E-state index contributed by atoms with van der Waals surface area (Å²) in [7, 11) is 1.63. The summed E-state index contributed by atoms with van der Waals surface area (Å²) in [5, 5.41) is 9.63. The first-order valence-corrected chi connectivity index (χ1v) is 8.93. The maximum Gasteiger partial charge on any atom is 0.200 e. The third kappa shape index (κ3) is 4.31. The Labute approximate surface area is 154 Å². The maximum atomic E-state index is 12.3. The second kappa shape index (κ2) is 8.33. The van der Waals surface area contributed by atoms with Gasteiger partial charge in [0, 0.05) is 17.7 Å². The molecule has 25 heavy (non-hydrogen) atoms. The molecule has 8 heteroatoms. The second-order valence-corrected chi connectivity index (χ2v) is 6.53. The fraction of sp³-hybridized carbons (Fsp3) is 0.235. The van der Waals surface area contributed by atoms with Crippen LogP contribution in [0.5, 0.6) is 0 Å². The van der Waals surface area contributed by atoms with E-state index >= 15 is 0 Å². The number of ether oxygens (including phenoxy) is 1. The lowest BCUT2D eigenvalue weighted by Crippen LogP contribution is -2.09. The number of hydrogen-bond donors (Lipinski definition) is 0. The highest BCUT2D eigenvalue weighted by atomic mass is 35.5. The standard InChI is InChI=1S/C17H16ClN3O3S/c1-23-10-8-21-16(15-3-2-9-24-15)19-20-17(21)25-11-14(22)12-4-6-13(18)7-5-12/h2-7,9H,8,10-11H2,1H3. The van der Waals surface area contributed by atoms with Gasteiger partial charge in [-0.2, -0.15) is 0 Å². The molecule has 0 saturated carbocycles. The Morgan fingerprint density at radius 2 is 2.08 bits per heavy atom. The van der Waals surface area contributed by atoms with Gasteiger partial charge in [-0.1, -0.05) is 23.4 Å². The van der Waals surface area contributed by atoms with Crippen LogP contribution in [0.1, 0.15) is 10.4 Å². The van der Waals surface area contributed by atoms with Crippen LogP contribution >= 0.6 is 23.4 Å². The Balaban J connectivity index is 1.75. The predicted molar refractivity (Wildman–Crippen MR) is 96.1 cm³/mol. The number of benzene rings is 1. The van der Waals surface area contributed by atoms with E-state index in [1.54, 1.807) is 43.7 Å². The van der Waals surface area contributed by atoms with Crippen LogP contribution in [-0.2, 0) is 11.3 Å². The summed E-state index contributed by atoms with van der Waals surface area (Å²) in [5.74, 6) is 1.50. The van der Waals surface area contributed by atoms with Gasteiger partial charge >= 0.3 is 0 Å². The summed E-state index contributed by atoms with van der Waals surface area (Å²) >= 11 is 7.18. The monoisotopic (exact) mass is 377 g/mol. The highest BCUT2D eigenvalue weighted by molar-refractivity contribution is 7.99. The van der Waals surface area contributed by atoms with Gasteiger partial charge in [0.15, 0.2) is 16.7 Å². The minimum Gasteiger partial charge on any atom is -0.461 e. The van der Waals surface area contributed by atoms with Crippen molar-refractivity contribution in [2.24, 2.45) is 0 Å². The van der Waals surface area contributed by atoms with Crippen molar-refractivity contribution >= 4 is 29.1 Å². The lowest BCUT2D eigenvalue weighted by Gasteiger charge is -2.08. The van der Waals surface area contributed by atoms with Crippen molar-refractivity contribution in [1.29, 1.82) is 0 Å². The van der Waals surface area contributed by atoms with E-state index in [9.17, 15) is 4.79 Å². The van der Waals surface area contributed by atoms with E-state index in [2.05, 4.69) is 10.2 Å². The zero-order valence-electron chi connectivity index (χ0n) is 13.5. The first-order chi connectivity index (χ1) is 12.2. The number of halogens is 1. The van der Waals surface area contributed by atoms with Crippen molar-refractivity contribution in [2.45, 2.75) is 11.7 Å². The molecule has 0 spiro atoms. The first kappa shape index (κ1) is 17.7. The molecule has 2 aromatic heterocycles. The molecule has 0 aliphatic carbocycles. The van der Waals surface area contributed by atoms with Crippen LogP contribution in [0.3, 0.4) is 0 Å². The number of hydrogen-bond acceptors (Lipinski definition) is 6. The van der Waals surface area contributed by atoms with E-state index in [0.717, 1.165) is 0 Å². The molecule has 0 N–H and O–H groups in total. The molecule has 0 saturated heterocycles. The Hall–Kier alpha value is -2.09. The fourth-order valence-electron chi connectivity index (χ4n) is 2.22. The molecule has 0 bridgehead atoms. The summed E-state index contributed by atoms with van der Waals surface area (Å²) in [6.45, 7) is 1.07. The number of rotatable bonds is 8. The molecule has 3 rings (SSSR count). The van der Waals surface area contributed by atoms with Gasteiger partial charge < -0.3 is 9.15 Å². The van der Waals surface area contributed by atoms with Crippen LogP contribution < -0.4 is 0 Å². The van der Waals surface area contributed by atoms with Gasteiger partial charge in [-0.15, -0.1) is 10.2 Å². The Morgan fingerprint density at radius 3 is 2.76 bits per heavy atom. The number of furan rings is 1. The minimum absolute atomic E-state index is 0.00232. The number of nitrogens with zero attached hydrogens (tertiary/aromatic N) is 3. The molecule has 3 aromatic rings. The molecular weight excluding hydrogens is 362 g/mol. The van der Waals surface area contributed by atoms with Crippen LogP contribution in [0.4, 0.5) is 0 Å². The highest BCUT2D eigenvalue weighted by Gasteiger charge is 2.17. The number of carbonyl (C=O) groups is 1. The molecule has 130 valence electrons. The number of aromatic nitrogens is 3. The van der Waals surface area contributed by atoms with Gasteiger partial charge in [0.05, 0.1) is 25.2 Å². The Kier molecular flexibility index (Phi) is 5.91. The second-order valence-electron chi connectivity index (χ2n) is 5.15. The van der Waals surface area contributed by atoms with Gasteiger partial charge in [-0.25, -0.2) is 0 Å². The van der Waals surface area contributed by atoms with Crippen LogP contribution in [0.2, 0.25) is 5.02 Å². The zero-order chi connectivity index (χ0) is 17.6. The van der Waals surface area contributed by atoms with Crippen LogP contribution in [0.25, 0.3) is 11.6 Å². The number of thioether (sulfide) groups is 1. The molecule has 0 atom stereocenters. The molecule has 1 aromatic carbocycles. The lowest BCUT2D eigenvalue weighted by molar-refractivity contribution is 0.102. The average Bonchev–Trinajstić information content (AvgIpc) is 3.27. The molecule has 0 amide bonds. The maximum absolute atomic E-state index is 12.3. The SMILES string of the molecule is COCCn1c(SCC(=O)c2ccc(Cl)cc2)nnc1-c1ccco1. The van der Waals surface area contributed by atoms with Crippen LogP contribution in [0, 0.1) is 0 Å². The third-order valence-corrected chi connectivity index (χ3v) is 4.69. The van der Waals surface area contributed by atoms with Crippen molar-refractivity contribution in [3.63, 3.8) is 0 Å². The molecule has 0 radical (unpaired) electrons. The summed E-state index contributed by atoms with van der Waals surface area (Å²) in [6.07, 6.45) is 1.58. The summed E-state index contributed by atoms with van der Waals surface area (Å²) in [6, 6.07) is 10.5. The van der Waals surface area contributed by atoms with Crippen molar-refractivity contribution in [3.05, 3.63) is 53.2 Å². The van der Waals surface area contributed by atoms with Crippen molar-refractivity contribution < 1.29 is 13.9 Å². The van der Waals surface area contributed by atoms with E-state index in [-0.39, 0.29) is 11.5 Å². The van der Waals surface area contributed by atoms with Crippen LogP contribution in [-0.4, -0.2) is 40.0 Å². The molecule has 2 heterocycles. The first-order valence-electron chi connectivity index (χ1n) is 7.56. The van der Waals surface area contributed by atoms with E-state index in [1.165, 1.54) is 11.8 Å². The van der Waals surface area contributed by atoms with Crippen molar-refractivity contribution in [3.8, 4) is 11.6 Å². The third-order valence-electron chi connectivity index (χ3n) is 3.48. The summed E-state index contributed by atoms with van der Waals surface area (Å²) in [4.78, 5) is 12.3. The Bertz CT molecular complexity index is 831. The van der Waals surface area contributed by atoms with E-state index < -0.39 is 0 Å². The quantitative estimate of drug-likeness (QED) is 0.439. The molecule has 0 aliphatic heterocycles. The average molecular weight is 378 g/mol. The number of methoxy groups -OCH3 is 1. The smallest absolute Gasteiger partial charge is 0.200 e. The number of carbonyl (C=O) groups excluding carboxylic acids is 1. The van der Waals surface area contributed by atoms with Gasteiger partial charge in [0.2, 0.25) is 5.82 Å². The predicted octanol–water partition coefficient (Wildman–Crippen LogP) is 3.81. The number of ketones is 1. The number of Topliss-reactive ketones (excluding diaryl/α,β-unsaturated/α-hetero) is 1. The lowest BCUT2D eigenvalue weighted by atomic mass is 10.1. The van der Waals surface area contributed by atoms with Crippen LogP contribution in [0.15, 0.2) is 52.2 Å². The zero-order valence-corrected chi connectivity index (χ0v) is 15.1. The van der Waals surface area contributed by atoms with Gasteiger partial charge in [0.25, 0.3) is 0 Å². The molecule has 0 aliphatic rings. The summed E-state index contributed by atoms with van der Waals surface area (Å²) in [5.41, 5.74) is 0.617. The molecule has 0 unspecified atom stereocenters. The van der Waals surface area contributed by atoms with Crippen molar-refractivity contribution in [2.75, 3.05) is 19.5 Å². The fourth-order valence-corrected chi connectivity index (χ4v) is 3.20. The van der Waals surface area contributed by atoms with E-state index in [1.807, 2.05) is 10.6 Å². The largest absolute Gasteiger partial charge is 0.461 e. The Morgan fingerprint density at radius 1 is 1.28 bits per heavy atom. The van der Waals surface area contributed by atoms with Gasteiger partial charge in [-0.3, -0.25) is 9.36 Å². The van der Waals surface area contributed by atoms with E-state index in [0.29, 0.717) is 40.5 Å². The normalized spacial score (nSPS) is 11.0. The molecular formula is C17H16ClN3O3S. The summed E-state index contributed by atoms with van der Waals surface area (Å²) < 4.78 is 12.5. The topological polar surface area (TPSA) is 70.2 Å². The molecule has 6 nitrogen and oxygen atoms in total. The van der Waals surface area contributed by atoms with E-state index in [4.69, 9.17) is 20.8 Å². The molecule has 0 fully saturated rings. The van der Waals surface area contributed by atoms with Gasteiger partial charge in [-0.05, 0) is 36.4 Å². The van der Waals surface area contributed by atoms with Gasteiger partial charge in [0.1, 0.15) is 0 Å². The minimum atomic E-state index is 0.00232.